The van der Waals surface area contributed by atoms with Gasteiger partial charge in [0.2, 0.25) is 0 Å². The minimum atomic E-state index is -0.276. The summed E-state index contributed by atoms with van der Waals surface area (Å²) < 4.78 is 3.59. The lowest BCUT2D eigenvalue weighted by Gasteiger charge is -2.06. The molecule has 0 unspecified atom stereocenters. The molecule has 1 heterocycles. The van der Waals surface area contributed by atoms with Gasteiger partial charge in [-0.1, -0.05) is 4.49 Å². The number of nitrogens with two attached hydrogens (primary N) is 1. The number of aromatic hydroxyl groups is 1. The summed E-state index contributed by atoms with van der Waals surface area (Å²) in [4.78, 5) is 12.0. The Hall–Kier alpha value is -2.15. The first-order valence-corrected chi connectivity index (χ1v) is 5.57. The molecule has 88 valence electrons. The minimum absolute atomic E-state index is 0.0990. The average Bonchev–Trinajstić information content (AvgIpc) is 2.83. The number of nitrogens with one attached hydrogen (secondary N) is 1. The van der Waals surface area contributed by atoms with Gasteiger partial charge in [-0.15, -0.1) is 5.10 Å². The van der Waals surface area contributed by atoms with E-state index in [1.54, 1.807) is 12.1 Å². The minimum Gasteiger partial charge on any atom is -0.508 e. The molecular formula is C10H10N4O2S. The number of rotatable bonds is 3. The van der Waals surface area contributed by atoms with Crippen LogP contribution in [0.25, 0.3) is 0 Å². The number of phenols is 1. The van der Waals surface area contributed by atoms with Crippen molar-refractivity contribution in [1.82, 2.24) is 14.9 Å². The Balaban J connectivity index is 2.03. The molecule has 2 aromatic rings. The largest absolute Gasteiger partial charge is 0.508 e. The van der Waals surface area contributed by atoms with Crippen LogP contribution in [0, 0.1) is 0 Å². The zero-order valence-electron chi connectivity index (χ0n) is 8.75. The van der Waals surface area contributed by atoms with Crippen LogP contribution >= 0.6 is 11.5 Å². The van der Waals surface area contributed by atoms with E-state index in [1.807, 2.05) is 0 Å². The molecule has 2 rings (SSSR count). The Morgan fingerprint density at radius 2 is 2.35 bits per heavy atom. The molecule has 0 radical (unpaired) electrons. The number of hydrogen-bond acceptors (Lipinski definition) is 6. The standard InChI is InChI=1S/C10H10N4O2S/c11-7-1-2-8(15)6(3-7)4-12-10(16)9-5-13-14-17-9/h1-3,5,15H,4,11H2,(H,12,16). The molecule has 17 heavy (non-hydrogen) atoms. The van der Waals surface area contributed by atoms with Gasteiger partial charge in [0, 0.05) is 17.8 Å². The number of aromatic nitrogens is 2. The second kappa shape index (κ2) is 4.79. The van der Waals surface area contributed by atoms with Crippen LogP contribution < -0.4 is 11.1 Å². The predicted molar refractivity (Wildman–Crippen MR) is 63.6 cm³/mol. The van der Waals surface area contributed by atoms with Crippen LogP contribution in [0.1, 0.15) is 15.2 Å². The molecular weight excluding hydrogens is 240 g/mol. The molecule has 0 saturated heterocycles. The topological polar surface area (TPSA) is 101 Å². The lowest BCUT2D eigenvalue weighted by molar-refractivity contribution is 0.0954. The third-order valence-electron chi connectivity index (χ3n) is 2.13. The van der Waals surface area contributed by atoms with Crippen molar-refractivity contribution in [2.45, 2.75) is 6.54 Å². The average molecular weight is 250 g/mol. The highest BCUT2D eigenvalue weighted by molar-refractivity contribution is 7.07. The summed E-state index contributed by atoms with van der Waals surface area (Å²) in [7, 11) is 0. The van der Waals surface area contributed by atoms with Gasteiger partial charge >= 0.3 is 0 Å². The predicted octanol–water partition coefficient (Wildman–Crippen LogP) is 0.756. The van der Waals surface area contributed by atoms with Crippen molar-refractivity contribution in [3.63, 3.8) is 0 Å². The Labute approximate surface area is 101 Å². The molecule has 0 saturated carbocycles. The van der Waals surface area contributed by atoms with Gasteiger partial charge in [-0.3, -0.25) is 4.79 Å². The smallest absolute Gasteiger partial charge is 0.264 e. The van der Waals surface area contributed by atoms with E-state index >= 15 is 0 Å². The zero-order valence-corrected chi connectivity index (χ0v) is 9.57. The van der Waals surface area contributed by atoms with Gasteiger partial charge in [0.15, 0.2) is 0 Å². The normalized spacial score (nSPS) is 10.1. The number of carbonyl (C=O) groups is 1. The first-order valence-electron chi connectivity index (χ1n) is 4.80. The molecule has 7 heteroatoms. The van der Waals surface area contributed by atoms with Crippen LogP contribution in [-0.2, 0) is 6.54 Å². The van der Waals surface area contributed by atoms with Crippen LogP contribution in [0.2, 0.25) is 0 Å². The van der Waals surface area contributed by atoms with E-state index < -0.39 is 0 Å². The number of benzene rings is 1. The Morgan fingerprint density at radius 1 is 1.53 bits per heavy atom. The highest BCUT2D eigenvalue weighted by atomic mass is 32.1. The van der Waals surface area contributed by atoms with Crippen molar-refractivity contribution in [1.29, 1.82) is 0 Å². The number of anilines is 1. The monoisotopic (exact) mass is 250 g/mol. The highest BCUT2D eigenvalue weighted by Crippen LogP contribution is 2.19. The molecule has 0 fully saturated rings. The zero-order chi connectivity index (χ0) is 12.3. The Bertz CT molecular complexity index is 527. The molecule has 1 aromatic heterocycles. The van der Waals surface area contributed by atoms with Crippen molar-refractivity contribution >= 4 is 23.1 Å². The maximum absolute atomic E-state index is 11.6. The van der Waals surface area contributed by atoms with Crippen LogP contribution in [0.5, 0.6) is 5.75 Å². The number of carbonyl (C=O) groups excluding carboxylic acids is 1. The van der Waals surface area contributed by atoms with Crippen molar-refractivity contribution in [2.75, 3.05) is 5.73 Å². The van der Waals surface area contributed by atoms with E-state index in [0.29, 0.717) is 16.1 Å². The lowest BCUT2D eigenvalue weighted by atomic mass is 10.2. The molecule has 0 atom stereocenters. The van der Waals surface area contributed by atoms with E-state index in [1.165, 1.54) is 12.3 Å². The van der Waals surface area contributed by atoms with Crippen molar-refractivity contribution in [2.24, 2.45) is 0 Å². The molecule has 0 spiro atoms. The van der Waals surface area contributed by atoms with Crippen LogP contribution in [0.4, 0.5) is 5.69 Å². The maximum Gasteiger partial charge on any atom is 0.264 e. The summed E-state index contributed by atoms with van der Waals surface area (Å²) in [6.45, 7) is 0.202. The Morgan fingerprint density at radius 3 is 3.06 bits per heavy atom. The van der Waals surface area contributed by atoms with Crippen LogP contribution in [-0.4, -0.2) is 20.6 Å². The number of hydrogen-bond donors (Lipinski definition) is 3. The van der Waals surface area contributed by atoms with Crippen molar-refractivity contribution < 1.29 is 9.90 Å². The molecule has 6 nitrogen and oxygen atoms in total. The van der Waals surface area contributed by atoms with Gasteiger partial charge < -0.3 is 16.2 Å². The van der Waals surface area contributed by atoms with Gasteiger partial charge in [-0.2, -0.15) is 0 Å². The van der Waals surface area contributed by atoms with Crippen LogP contribution in [0.15, 0.2) is 24.4 Å². The molecule has 0 aliphatic carbocycles. The molecule has 1 amide bonds. The van der Waals surface area contributed by atoms with Gasteiger partial charge in [0.25, 0.3) is 5.91 Å². The van der Waals surface area contributed by atoms with Gasteiger partial charge in [-0.25, -0.2) is 0 Å². The van der Waals surface area contributed by atoms with E-state index in [0.717, 1.165) is 11.5 Å². The number of phenolic OH excluding ortho intramolecular Hbond substituents is 1. The summed E-state index contributed by atoms with van der Waals surface area (Å²) in [5.41, 5.74) is 6.69. The summed E-state index contributed by atoms with van der Waals surface area (Å²) in [6.07, 6.45) is 1.39. The number of nitrogens with zero attached hydrogens (tertiary/aromatic N) is 2. The van der Waals surface area contributed by atoms with E-state index in [9.17, 15) is 9.90 Å². The molecule has 0 bridgehead atoms. The SMILES string of the molecule is Nc1ccc(O)c(CNC(=O)c2cnns2)c1. The molecule has 0 aliphatic rings. The second-order valence-corrected chi connectivity index (χ2v) is 4.14. The first-order chi connectivity index (χ1) is 8.16. The summed E-state index contributed by atoms with van der Waals surface area (Å²) >= 11 is 1.01. The van der Waals surface area contributed by atoms with Crippen molar-refractivity contribution in [3.05, 3.63) is 34.8 Å². The molecule has 4 N–H and O–H groups in total. The van der Waals surface area contributed by atoms with Crippen molar-refractivity contribution in [3.8, 4) is 5.75 Å². The first kappa shape index (κ1) is 11.3. The summed E-state index contributed by atoms with van der Waals surface area (Å²) in [5, 5.41) is 15.8. The third kappa shape index (κ3) is 2.70. The highest BCUT2D eigenvalue weighted by Gasteiger charge is 2.09. The fourth-order valence-corrected chi connectivity index (χ4v) is 1.71. The van der Waals surface area contributed by atoms with Gasteiger partial charge in [0.05, 0.1) is 6.20 Å². The van der Waals surface area contributed by atoms with Crippen LogP contribution in [0.3, 0.4) is 0 Å². The lowest BCUT2D eigenvalue weighted by Crippen LogP contribution is -2.21. The fraction of sp³-hybridized carbons (Fsp3) is 0.100. The third-order valence-corrected chi connectivity index (χ3v) is 2.79. The Kier molecular flexibility index (Phi) is 3.20. The fourth-order valence-electron chi connectivity index (χ4n) is 1.28. The molecule has 0 aliphatic heterocycles. The number of amides is 1. The number of nitrogen functional groups attached to an aromatic ring is 1. The summed E-state index contributed by atoms with van der Waals surface area (Å²) in [5.74, 6) is -0.177. The summed E-state index contributed by atoms with van der Waals surface area (Å²) in [6, 6.07) is 4.69. The molecule has 1 aromatic carbocycles. The van der Waals surface area contributed by atoms with Gasteiger partial charge in [0.1, 0.15) is 10.6 Å². The maximum atomic E-state index is 11.6. The van der Waals surface area contributed by atoms with Gasteiger partial charge in [-0.05, 0) is 29.7 Å². The second-order valence-electron chi connectivity index (χ2n) is 3.35. The van der Waals surface area contributed by atoms with E-state index in [-0.39, 0.29) is 18.2 Å². The van der Waals surface area contributed by atoms with E-state index in [2.05, 4.69) is 14.9 Å². The van der Waals surface area contributed by atoms with E-state index in [4.69, 9.17) is 5.73 Å². The quantitative estimate of drug-likeness (QED) is 0.551.